The highest BCUT2D eigenvalue weighted by molar-refractivity contribution is 5.89. The number of hydrogen-bond acceptors (Lipinski definition) is 5. The Labute approximate surface area is 164 Å². The molecule has 2 saturated heterocycles. The number of rotatable bonds is 2. The monoisotopic (exact) mass is 386 g/mol. The number of nitrogens with zero attached hydrogens (tertiary/aromatic N) is 2. The van der Waals surface area contributed by atoms with Crippen LogP contribution in [0.2, 0.25) is 0 Å². The molecule has 4 rings (SSSR count). The summed E-state index contributed by atoms with van der Waals surface area (Å²) >= 11 is 0. The second kappa shape index (κ2) is 7.11. The van der Waals surface area contributed by atoms with Crippen LogP contribution in [0.1, 0.15) is 24.8 Å². The quantitative estimate of drug-likeness (QED) is 0.715. The molecule has 2 fully saturated rings. The van der Waals surface area contributed by atoms with Gasteiger partial charge in [-0.1, -0.05) is 18.2 Å². The molecule has 2 unspecified atom stereocenters. The van der Waals surface area contributed by atoms with Crippen LogP contribution in [-0.4, -0.2) is 67.0 Å². The Morgan fingerprint density at radius 3 is 2.61 bits per heavy atom. The lowest BCUT2D eigenvalue weighted by atomic mass is 9.76. The van der Waals surface area contributed by atoms with Crippen molar-refractivity contribution in [2.45, 2.75) is 31.2 Å². The van der Waals surface area contributed by atoms with Crippen LogP contribution in [0.4, 0.5) is 0 Å². The molecule has 0 bridgehead atoms. The van der Waals surface area contributed by atoms with Gasteiger partial charge in [-0.15, -0.1) is 0 Å². The molecule has 2 atom stereocenters. The maximum atomic E-state index is 13.1. The van der Waals surface area contributed by atoms with E-state index < -0.39 is 11.5 Å². The van der Waals surface area contributed by atoms with Crippen LogP contribution in [0.5, 0.6) is 5.75 Å². The third kappa shape index (κ3) is 2.93. The molecule has 7 nitrogen and oxygen atoms in total. The highest BCUT2D eigenvalue weighted by Crippen LogP contribution is 2.43. The molecular weight excluding hydrogens is 360 g/mol. The van der Waals surface area contributed by atoms with Crippen molar-refractivity contribution < 1.29 is 23.9 Å². The van der Waals surface area contributed by atoms with E-state index in [0.29, 0.717) is 39.0 Å². The molecule has 28 heavy (non-hydrogen) atoms. The Balaban J connectivity index is 1.44. The zero-order valence-electron chi connectivity index (χ0n) is 16.3. The van der Waals surface area contributed by atoms with Gasteiger partial charge in [-0.05, 0) is 30.9 Å². The van der Waals surface area contributed by atoms with Crippen molar-refractivity contribution in [1.29, 1.82) is 0 Å². The summed E-state index contributed by atoms with van der Waals surface area (Å²) in [5, 5.41) is 0. The van der Waals surface area contributed by atoms with Crippen molar-refractivity contribution >= 4 is 17.8 Å². The van der Waals surface area contributed by atoms with Crippen LogP contribution in [0.25, 0.3) is 0 Å². The van der Waals surface area contributed by atoms with Gasteiger partial charge >= 0.3 is 5.97 Å². The minimum absolute atomic E-state index is 0.0348. The molecule has 1 aromatic rings. The number of para-hydroxylation sites is 1. The summed E-state index contributed by atoms with van der Waals surface area (Å²) in [5.41, 5.74) is 0.517. The zero-order chi connectivity index (χ0) is 19.9. The van der Waals surface area contributed by atoms with E-state index in [1.807, 2.05) is 29.2 Å². The van der Waals surface area contributed by atoms with E-state index in [1.54, 1.807) is 11.9 Å². The van der Waals surface area contributed by atoms with Crippen LogP contribution in [-0.2, 0) is 25.5 Å². The molecule has 0 aromatic heterocycles. The first kappa shape index (κ1) is 18.8. The van der Waals surface area contributed by atoms with Crippen molar-refractivity contribution in [2.75, 3.05) is 33.9 Å². The number of esters is 1. The number of hydrogen-bond donors (Lipinski definition) is 0. The fraction of sp³-hybridized carbons (Fsp3) is 0.571. The molecule has 3 heterocycles. The summed E-state index contributed by atoms with van der Waals surface area (Å²) in [6, 6.07) is 7.82. The summed E-state index contributed by atoms with van der Waals surface area (Å²) in [5.74, 6) is -0.0789. The third-order valence-electron chi connectivity index (χ3n) is 6.72. The lowest BCUT2D eigenvalue weighted by molar-refractivity contribution is -0.151. The molecule has 1 spiro atoms. The second-order valence-corrected chi connectivity index (χ2v) is 7.98. The van der Waals surface area contributed by atoms with Gasteiger partial charge < -0.3 is 19.3 Å². The minimum Gasteiger partial charge on any atom is -0.492 e. The molecule has 1 aromatic carbocycles. The first-order valence-corrected chi connectivity index (χ1v) is 9.80. The Morgan fingerprint density at radius 2 is 1.89 bits per heavy atom. The van der Waals surface area contributed by atoms with Crippen molar-refractivity contribution in [3.63, 3.8) is 0 Å². The molecule has 0 N–H and O–H groups in total. The third-order valence-corrected chi connectivity index (χ3v) is 6.72. The van der Waals surface area contributed by atoms with Crippen molar-refractivity contribution in [1.82, 2.24) is 9.80 Å². The van der Waals surface area contributed by atoms with Gasteiger partial charge in [-0.25, -0.2) is 0 Å². The zero-order valence-corrected chi connectivity index (χ0v) is 16.3. The highest BCUT2D eigenvalue weighted by atomic mass is 16.5. The molecular formula is C21H26N2O5. The van der Waals surface area contributed by atoms with E-state index in [0.717, 1.165) is 11.3 Å². The SMILES string of the molecule is COC(=O)C1CC(=O)N(C)C12CCN(C(=O)C1COc3ccccc3C1)CC2. The van der Waals surface area contributed by atoms with E-state index in [2.05, 4.69) is 0 Å². The Morgan fingerprint density at radius 1 is 1.18 bits per heavy atom. The van der Waals surface area contributed by atoms with Crippen LogP contribution < -0.4 is 4.74 Å². The molecule has 3 aliphatic heterocycles. The number of fused-ring (bicyclic) bond motifs is 1. The van der Waals surface area contributed by atoms with Gasteiger partial charge in [0.2, 0.25) is 11.8 Å². The van der Waals surface area contributed by atoms with E-state index >= 15 is 0 Å². The molecule has 150 valence electrons. The molecule has 3 aliphatic rings. The number of amides is 2. The molecule has 0 aliphatic carbocycles. The number of methoxy groups -OCH3 is 1. The van der Waals surface area contributed by atoms with Gasteiger partial charge in [-0.3, -0.25) is 14.4 Å². The molecule has 2 amide bonds. The predicted molar refractivity (Wildman–Crippen MR) is 101 cm³/mol. The maximum Gasteiger partial charge on any atom is 0.311 e. The van der Waals surface area contributed by atoms with E-state index in [1.165, 1.54) is 7.11 Å². The first-order chi connectivity index (χ1) is 13.5. The number of benzene rings is 1. The van der Waals surface area contributed by atoms with Gasteiger partial charge in [0.25, 0.3) is 0 Å². The van der Waals surface area contributed by atoms with Crippen LogP contribution in [0.3, 0.4) is 0 Å². The fourth-order valence-electron chi connectivity index (χ4n) is 4.97. The lowest BCUT2D eigenvalue weighted by Crippen LogP contribution is -2.58. The predicted octanol–water partition coefficient (Wildman–Crippen LogP) is 1.25. The summed E-state index contributed by atoms with van der Waals surface area (Å²) in [7, 11) is 3.12. The van der Waals surface area contributed by atoms with E-state index in [-0.39, 0.29) is 30.1 Å². The van der Waals surface area contributed by atoms with E-state index in [9.17, 15) is 14.4 Å². The van der Waals surface area contributed by atoms with Crippen LogP contribution in [0, 0.1) is 11.8 Å². The van der Waals surface area contributed by atoms with E-state index in [4.69, 9.17) is 9.47 Å². The summed E-state index contributed by atoms with van der Waals surface area (Å²) in [4.78, 5) is 41.2. The number of ether oxygens (including phenoxy) is 2. The van der Waals surface area contributed by atoms with Gasteiger partial charge in [0, 0.05) is 26.6 Å². The summed E-state index contributed by atoms with van der Waals surface area (Å²) in [6.45, 7) is 1.45. The smallest absolute Gasteiger partial charge is 0.311 e. The number of carbonyl (C=O) groups is 3. The van der Waals surface area contributed by atoms with Crippen molar-refractivity contribution in [2.24, 2.45) is 11.8 Å². The topological polar surface area (TPSA) is 76.2 Å². The second-order valence-electron chi connectivity index (χ2n) is 7.98. The number of carbonyl (C=O) groups excluding carboxylic acids is 3. The molecule has 7 heteroatoms. The standard InChI is InChI=1S/C21H26N2O5/c1-22-18(24)12-16(20(26)27-2)21(22)7-9-23(10-8-21)19(25)15-11-14-5-3-4-6-17(14)28-13-15/h3-6,15-16H,7-13H2,1-2H3. The molecule has 0 radical (unpaired) electrons. The Bertz CT molecular complexity index is 800. The first-order valence-electron chi connectivity index (χ1n) is 9.80. The lowest BCUT2D eigenvalue weighted by Gasteiger charge is -2.46. The summed E-state index contributed by atoms with van der Waals surface area (Å²) < 4.78 is 10.7. The van der Waals surface area contributed by atoms with Gasteiger partial charge in [-0.2, -0.15) is 0 Å². The van der Waals surface area contributed by atoms with Gasteiger partial charge in [0.05, 0.1) is 24.5 Å². The average Bonchev–Trinajstić information content (AvgIpc) is 2.98. The van der Waals surface area contributed by atoms with Gasteiger partial charge in [0.15, 0.2) is 0 Å². The van der Waals surface area contributed by atoms with Gasteiger partial charge in [0.1, 0.15) is 12.4 Å². The Kier molecular flexibility index (Phi) is 4.77. The highest BCUT2D eigenvalue weighted by Gasteiger charge is 2.56. The molecule has 0 saturated carbocycles. The largest absolute Gasteiger partial charge is 0.492 e. The summed E-state index contributed by atoms with van der Waals surface area (Å²) in [6.07, 6.45) is 2.04. The minimum atomic E-state index is -0.545. The number of likely N-dealkylation sites (tertiary alicyclic amines) is 2. The fourth-order valence-corrected chi connectivity index (χ4v) is 4.97. The van der Waals surface area contributed by atoms with Crippen molar-refractivity contribution in [3.05, 3.63) is 29.8 Å². The van der Waals surface area contributed by atoms with Crippen LogP contribution >= 0.6 is 0 Å². The average molecular weight is 386 g/mol. The Hall–Kier alpha value is -2.57. The van der Waals surface area contributed by atoms with Crippen LogP contribution in [0.15, 0.2) is 24.3 Å². The van der Waals surface area contributed by atoms with Crippen molar-refractivity contribution in [3.8, 4) is 5.75 Å². The maximum absolute atomic E-state index is 13.1. The normalized spacial score (nSPS) is 26.0. The number of piperidine rings is 1.